The largest absolute Gasteiger partial charge is 0.489 e. The van der Waals surface area contributed by atoms with E-state index in [1.807, 2.05) is 0 Å². The molecule has 0 bridgehead atoms. The zero-order valence-corrected chi connectivity index (χ0v) is 14.2. The van der Waals surface area contributed by atoms with Crippen LogP contribution in [-0.2, 0) is 6.61 Å². The maximum atomic E-state index is 13.7. The van der Waals surface area contributed by atoms with Crippen LogP contribution >= 0.6 is 0 Å². The van der Waals surface area contributed by atoms with Crippen molar-refractivity contribution in [2.75, 3.05) is 0 Å². The lowest BCUT2D eigenvalue weighted by atomic mass is 10.2. The van der Waals surface area contributed by atoms with Crippen LogP contribution in [0, 0.1) is 18.2 Å². The van der Waals surface area contributed by atoms with Crippen molar-refractivity contribution in [1.29, 1.82) is 0 Å². The average molecular weight is 363 g/mol. The molecular weight excluding hydrogens is 348 g/mol. The highest BCUT2D eigenvalue weighted by Gasteiger charge is 2.08. The van der Waals surface area contributed by atoms with Crippen LogP contribution in [0.4, 0.5) is 20.2 Å². The molecule has 3 aromatic carbocycles. The minimum atomic E-state index is -0.919. The monoisotopic (exact) mass is 363 g/mol. The van der Waals surface area contributed by atoms with Gasteiger partial charge in [0.2, 0.25) is 0 Å². The first-order chi connectivity index (χ1) is 13.1. The predicted molar refractivity (Wildman–Crippen MR) is 100 cm³/mol. The number of nitrogens with two attached hydrogens (primary N) is 1. The second kappa shape index (κ2) is 8.11. The van der Waals surface area contributed by atoms with E-state index < -0.39 is 11.6 Å². The zero-order valence-electron chi connectivity index (χ0n) is 14.2. The summed E-state index contributed by atoms with van der Waals surface area (Å²) < 4.78 is 32.5. The molecular formula is C21H15F2N3O. The lowest BCUT2D eigenvalue weighted by molar-refractivity contribution is 0.297. The second-order valence-electron chi connectivity index (χ2n) is 5.65. The molecule has 27 heavy (non-hydrogen) atoms. The SMILES string of the molecule is [C-]#[N+]c1ccc(N=C(N)c2cccc(OCc3cccc(F)c3F)c2)cc1. The van der Waals surface area contributed by atoms with Crippen molar-refractivity contribution in [3.05, 3.63) is 101 Å². The van der Waals surface area contributed by atoms with Crippen molar-refractivity contribution in [2.24, 2.45) is 10.7 Å². The van der Waals surface area contributed by atoms with Crippen LogP contribution in [0.5, 0.6) is 5.75 Å². The van der Waals surface area contributed by atoms with Gasteiger partial charge in [-0.1, -0.05) is 36.4 Å². The van der Waals surface area contributed by atoms with E-state index in [1.165, 1.54) is 12.1 Å². The number of hydrogen-bond donors (Lipinski definition) is 1. The third kappa shape index (κ3) is 4.47. The van der Waals surface area contributed by atoms with Gasteiger partial charge >= 0.3 is 0 Å². The number of rotatable bonds is 5. The van der Waals surface area contributed by atoms with Crippen molar-refractivity contribution < 1.29 is 13.5 Å². The Bertz CT molecular complexity index is 1020. The Hall–Kier alpha value is -3.72. The summed E-state index contributed by atoms with van der Waals surface area (Å²) in [5, 5.41) is 0. The summed E-state index contributed by atoms with van der Waals surface area (Å²) in [6.07, 6.45) is 0. The molecule has 0 aliphatic rings. The smallest absolute Gasteiger partial charge is 0.187 e. The fourth-order valence-electron chi connectivity index (χ4n) is 2.37. The van der Waals surface area contributed by atoms with E-state index in [0.717, 1.165) is 6.07 Å². The van der Waals surface area contributed by atoms with Crippen LogP contribution in [0.15, 0.2) is 71.7 Å². The number of amidine groups is 1. The van der Waals surface area contributed by atoms with Gasteiger partial charge in [0.05, 0.1) is 12.3 Å². The Kier molecular flexibility index (Phi) is 5.43. The summed E-state index contributed by atoms with van der Waals surface area (Å²) in [6, 6.07) is 17.5. The molecule has 0 saturated heterocycles. The highest BCUT2D eigenvalue weighted by Crippen LogP contribution is 2.21. The third-order valence-corrected chi connectivity index (χ3v) is 3.78. The van der Waals surface area contributed by atoms with Crippen LogP contribution in [0.25, 0.3) is 4.85 Å². The number of hydrogen-bond acceptors (Lipinski definition) is 2. The maximum Gasteiger partial charge on any atom is 0.187 e. The Morgan fingerprint density at radius 2 is 1.78 bits per heavy atom. The standard InChI is InChI=1S/C21H15F2N3O/c1-25-16-8-10-17(11-9-16)26-21(24)14-4-2-6-18(12-14)27-13-15-5-3-7-19(22)20(15)23/h2-12H,13H2,(H2,24,26). The molecule has 0 aliphatic heterocycles. The van der Waals surface area contributed by atoms with Gasteiger partial charge in [-0.15, -0.1) is 0 Å². The van der Waals surface area contributed by atoms with E-state index in [1.54, 1.807) is 48.5 Å². The first-order valence-electron chi connectivity index (χ1n) is 8.04. The Balaban J connectivity index is 1.75. The molecule has 3 rings (SSSR count). The molecule has 6 heteroatoms. The van der Waals surface area contributed by atoms with Gasteiger partial charge in [0, 0.05) is 11.1 Å². The van der Waals surface area contributed by atoms with E-state index in [4.69, 9.17) is 17.0 Å². The molecule has 0 amide bonds. The first-order valence-corrected chi connectivity index (χ1v) is 8.04. The lowest BCUT2D eigenvalue weighted by Gasteiger charge is -2.09. The van der Waals surface area contributed by atoms with Gasteiger partial charge in [0.1, 0.15) is 18.2 Å². The van der Waals surface area contributed by atoms with Crippen molar-refractivity contribution >= 4 is 17.2 Å². The van der Waals surface area contributed by atoms with Crippen LogP contribution < -0.4 is 10.5 Å². The molecule has 0 atom stereocenters. The van der Waals surface area contributed by atoms with Crippen LogP contribution in [-0.4, -0.2) is 5.84 Å². The maximum absolute atomic E-state index is 13.7. The third-order valence-electron chi connectivity index (χ3n) is 3.78. The molecule has 134 valence electrons. The Morgan fingerprint density at radius 3 is 2.52 bits per heavy atom. The lowest BCUT2D eigenvalue weighted by Crippen LogP contribution is -2.12. The Morgan fingerprint density at radius 1 is 1.04 bits per heavy atom. The fraction of sp³-hybridized carbons (Fsp3) is 0.0476. The van der Waals surface area contributed by atoms with E-state index in [-0.39, 0.29) is 18.0 Å². The molecule has 3 aromatic rings. The van der Waals surface area contributed by atoms with Crippen LogP contribution in [0.3, 0.4) is 0 Å². The number of halogens is 2. The quantitative estimate of drug-likeness (QED) is 0.388. The summed E-state index contributed by atoms with van der Waals surface area (Å²) in [5.74, 6) is -1.10. The van der Waals surface area contributed by atoms with E-state index in [9.17, 15) is 8.78 Å². The summed E-state index contributed by atoms with van der Waals surface area (Å²) in [5.41, 5.74) is 7.93. The minimum absolute atomic E-state index is 0.109. The topological polar surface area (TPSA) is 52.0 Å². The number of aliphatic imine (C=N–C) groups is 1. The van der Waals surface area contributed by atoms with Gasteiger partial charge in [0.25, 0.3) is 0 Å². The molecule has 0 saturated carbocycles. The van der Waals surface area contributed by atoms with E-state index in [0.29, 0.717) is 22.7 Å². The number of ether oxygens (including phenoxy) is 1. The zero-order chi connectivity index (χ0) is 19.2. The molecule has 0 heterocycles. The normalized spacial score (nSPS) is 11.1. The summed E-state index contributed by atoms with van der Waals surface area (Å²) in [6.45, 7) is 6.84. The summed E-state index contributed by atoms with van der Waals surface area (Å²) in [4.78, 5) is 7.64. The van der Waals surface area contributed by atoms with Gasteiger partial charge in [-0.25, -0.2) is 18.6 Å². The fourth-order valence-corrected chi connectivity index (χ4v) is 2.37. The van der Waals surface area contributed by atoms with Crippen molar-refractivity contribution in [1.82, 2.24) is 0 Å². The Labute approximate surface area is 155 Å². The van der Waals surface area contributed by atoms with E-state index >= 15 is 0 Å². The second-order valence-corrected chi connectivity index (χ2v) is 5.65. The highest BCUT2D eigenvalue weighted by molar-refractivity contribution is 5.99. The first kappa shape index (κ1) is 18.1. The molecule has 0 aromatic heterocycles. The molecule has 0 radical (unpaired) electrons. The molecule has 0 unspecified atom stereocenters. The van der Waals surface area contributed by atoms with Crippen LogP contribution in [0.1, 0.15) is 11.1 Å². The molecule has 0 aliphatic carbocycles. The van der Waals surface area contributed by atoms with Gasteiger partial charge in [-0.05, 0) is 30.3 Å². The van der Waals surface area contributed by atoms with Crippen LogP contribution in [0.2, 0.25) is 0 Å². The number of benzene rings is 3. The average Bonchev–Trinajstić information content (AvgIpc) is 2.70. The van der Waals surface area contributed by atoms with Crippen molar-refractivity contribution in [3.63, 3.8) is 0 Å². The predicted octanol–water partition coefficient (Wildman–Crippen LogP) is 5.13. The van der Waals surface area contributed by atoms with E-state index in [2.05, 4.69) is 9.84 Å². The highest BCUT2D eigenvalue weighted by atomic mass is 19.2. The number of nitrogens with zero attached hydrogens (tertiary/aromatic N) is 2. The van der Waals surface area contributed by atoms with Crippen molar-refractivity contribution in [2.45, 2.75) is 6.61 Å². The summed E-state index contributed by atoms with van der Waals surface area (Å²) in [7, 11) is 0. The minimum Gasteiger partial charge on any atom is -0.489 e. The molecule has 0 fully saturated rings. The van der Waals surface area contributed by atoms with Gasteiger partial charge in [-0.2, -0.15) is 0 Å². The van der Waals surface area contributed by atoms with Gasteiger partial charge < -0.3 is 10.5 Å². The molecule has 2 N–H and O–H groups in total. The molecule has 4 nitrogen and oxygen atoms in total. The van der Waals surface area contributed by atoms with Gasteiger partial charge in [0.15, 0.2) is 17.3 Å². The summed E-state index contributed by atoms with van der Waals surface area (Å²) >= 11 is 0. The van der Waals surface area contributed by atoms with Gasteiger partial charge in [-0.3, -0.25) is 0 Å². The van der Waals surface area contributed by atoms with Crippen molar-refractivity contribution in [3.8, 4) is 5.75 Å². The molecule has 0 spiro atoms.